The average Bonchev–Trinajstić information content (AvgIpc) is 2.91. The smallest absolute Gasteiger partial charge is 0.267 e. The van der Waals surface area contributed by atoms with Crippen molar-refractivity contribution in [2.24, 2.45) is 0 Å². The fraction of sp³-hybridized carbons (Fsp3) is 0.167. The number of thiophene rings is 1. The number of H-pyrrole nitrogens is 1. The number of carbonyl (C=O) groups excluding carboxylic acids is 2. The standard InChI is InChI=1S/C18H17N3O4S/c1-3-9-6-4-5-8(2)13(9)20-16(23)14-12(19)10-7-11(18(24)25)15(22)21-17(10)26-14/h4-7H,3,19H2,1-2H3,(H,20,23)(H,21,22)(H,24,25)/p-1. The summed E-state index contributed by atoms with van der Waals surface area (Å²) in [6.07, 6.45) is 0.751. The predicted molar refractivity (Wildman–Crippen MR) is 99.7 cm³/mol. The second kappa shape index (κ2) is 6.64. The lowest BCUT2D eigenvalue weighted by Gasteiger charge is -2.12. The molecule has 0 saturated carbocycles. The molecular formula is C18H16N3O4S-. The Morgan fingerprint density at radius 1 is 1.35 bits per heavy atom. The second-order valence-corrected chi connectivity index (χ2v) is 6.82. The highest BCUT2D eigenvalue weighted by molar-refractivity contribution is 7.21. The van der Waals surface area contributed by atoms with Crippen LogP contribution in [0.2, 0.25) is 0 Å². The van der Waals surface area contributed by atoms with Gasteiger partial charge in [-0.25, -0.2) is 0 Å². The lowest BCUT2D eigenvalue weighted by Crippen LogP contribution is -2.29. The normalized spacial score (nSPS) is 10.8. The Labute approximate surface area is 152 Å². The summed E-state index contributed by atoms with van der Waals surface area (Å²) in [6, 6.07) is 6.88. The molecule has 3 rings (SSSR count). The fourth-order valence-electron chi connectivity index (χ4n) is 2.77. The molecule has 1 aromatic carbocycles. The van der Waals surface area contributed by atoms with E-state index >= 15 is 0 Å². The van der Waals surface area contributed by atoms with Crippen molar-refractivity contribution in [3.8, 4) is 0 Å². The summed E-state index contributed by atoms with van der Waals surface area (Å²) >= 11 is 0.999. The fourth-order valence-corrected chi connectivity index (χ4v) is 3.76. The molecule has 0 fully saturated rings. The lowest BCUT2D eigenvalue weighted by molar-refractivity contribution is -0.255. The molecule has 0 spiro atoms. The molecule has 0 radical (unpaired) electrons. The van der Waals surface area contributed by atoms with E-state index in [1.807, 2.05) is 32.0 Å². The van der Waals surface area contributed by atoms with Crippen molar-refractivity contribution in [3.63, 3.8) is 0 Å². The maximum absolute atomic E-state index is 12.7. The summed E-state index contributed by atoms with van der Waals surface area (Å²) in [5.74, 6) is -2.01. The minimum absolute atomic E-state index is 0.118. The molecule has 0 aliphatic heterocycles. The number of hydrogen-bond donors (Lipinski definition) is 3. The monoisotopic (exact) mass is 370 g/mol. The molecule has 0 atom stereocenters. The van der Waals surface area contributed by atoms with Gasteiger partial charge in [0.25, 0.3) is 11.5 Å². The van der Waals surface area contributed by atoms with Crippen LogP contribution in [0.4, 0.5) is 11.4 Å². The number of para-hydroxylation sites is 1. The first-order chi connectivity index (χ1) is 12.3. The largest absolute Gasteiger partial charge is 0.545 e. The number of nitrogens with two attached hydrogens (primary N) is 1. The summed E-state index contributed by atoms with van der Waals surface area (Å²) < 4.78 is 0. The maximum atomic E-state index is 12.7. The lowest BCUT2D eigenvalue weighted by atomic mass is 10.1. The number of hydrogen-bond acceptors (Lipinski definition) is 6. The van der Waals surface area contributed by atoms with Crippen LogP contribution in [-0.2, 0) is 6.42 Å². The number of carboxylic acid groups (broad SMARTS) is 1. The number of nitrogens with one attached hydrogen (secondary N) is 2. The van der Waals surface area contributed by atoms with E-state index in [0.717, 1.165) is 40.6 Å². The Morgan fingerprint density at radius 2 is 2.08 bits per heavy atom. The van der Waals surface area contributed by atoms with Crippen LogP contribution in [0.1, 0.15) is 38.1 Å². The maximum Gasteiger partial charge on any atom is 0.267 e. The van der Waals surface area contributed by atoms with Crippen molar-refractivity contribution in [1.82, 2.24) is 4.98 Å². The number of aromatic carboxylic acids is 1. The van der Waals surface area contributed by atoms with E-state index in [0.29, 0.717) is 10.2 Å². The van der Waals surface area contributed by atoms with Crippen molar-refractivity contribution >= 4 is 44.8 Å². The Morgan fingerprint density at radius 3 is 2.73 bits per heavy atom. The van der Waals surface area contributed by atoms with Crippen LogP contribution in [0, 0.1) is 6.92 Å². The highest BCUT2D eigenvalue weighted by Crippen LogP contribution is 2.33. The molecule has 0 aliphatic rings. The number of aromatic amines is 1. The van der Waals surface area contributed by atoms with Gasteiger partial charge in [0.15, 0.2) is 0 Å². The Kier molecular flexibility index (Phi) is 4.52. The zero-order chi connectivity index (χ0) is 19.0. The molecule has 7 nitrogen and oxygen atoms in total. The van der Waals surface area contributed by atoms with Gasteiger partial charge in [-0.05, 0) is 30.5 Å². The molecule has 0 aliphatic carbocycles. The molecule has 0 saturated heterocycles. The summed E-state index contributed by atoms with van der Waals surface area (Å²) in [5.41, 5.74) is 7.47. The summed E-state index contributed by atoms with van der Waals surface area (Å²) in [4.78, 5) is 38.5. The zero-order valence-electron chi connectivity index (χ0n) is 14.1. The third-order valence-corrected chi connectivity index (χ3v) is 5.28. The second-order valence-electron chi connectivity index (χ2n) is 5.80. The van der Waals surface area contributed by atoms with Gasteiger partial charge in [-0.2, -0.15) is 0 Å². The van der Waals surface area contributed by atoms with Gasteiger partial charge in [-0.3, -0.25) is 9.59 Å². The first kappa shape index (κ1) is 17.7. The van der Waals surface area contributed by atoms with Gasteiger partial charge in [0.05, 0.1) is 17.2 Å². The highest BCUT2D eigenvalue weighted by atomic mass is 32.1. The third kappa shape index (κ3) is 2.95. The van der Waals surface area contributed by atoms with Crippen LogP contribution in [0.5, 0.6) is 0 Å². The highest BCUT2D eigenvalue weighted by Gasteiger charge is 2.20. The molecule has 8 heteroatoms. The van der Waals surface area contributed by atoms with Gasteiger partial charge < -0.3 is 25.9 Å². The number of carbonyl (C=O) groups is 2. The Bertz CT molecular complexity index is 1100. The average molecular weight is 370 g/mol. The van der Waals surface area contributed by atoms with Crippen molar-refractivity contribution in [2.45, 2.75) is 20.3 Å². The summed E-state index contributed by atoms with van der Waals surface area (Å²) in [6.45, 7) is 3.89. The van der Waals surface area contributed by atoms with Gasteiger partial charge in [-0.15, -0.1) is 11.3 Å². The van der Waals surface area contributed by atoms with E-state index < -0.39 is 23.0 Å². The molecular weight excluding hydrogens is 354 g/mol. The molecule has 26 heavy (non-hydrogen) atoms. The first-order valence-corrected chi connectivity index (χ1v) is 8.71. The van der Waals surface area contributed by atoms with Crippen molar-refractivity contribution in [3.05, 3.63) is 56.2 Å². The van der Waals surface area contributed by atoms with E-state index in [4.69, 9.17) is 5.73 Å². The van der Waals surface area contributed by atoms with E-state index in [9.17, 15) is 19.5 Å². The molecule has 2 aromatic heterocycles. The third-order valence-electron chi connectivity index (χ3n) is 4.15. The molecule has 134 valence electrons. The van der Waals surface area contributed by atoms with E-state index in [-0.39, 0.29) is 10.6 Å². The number of rotatable bonds is 4. The number of nitrogen functional groups attached to an aromatic ring is 1. The SMILES string of the molecule is CCc1cccc(C)c1NC(=O)c1sc2[nH]c(=O)c(C(=O)[O-])cc2c1N. The van der Waals surface area contributed by atoms with Crippen LogP contribution in [0.15, 0.2) is 29.1 Å². The first-order valence-electron chi connectivity index (χ1n) is 7.90. The van der Waals surface area contributed by atoms with Gasteiger partial charge in [0, 0.05) is 11.1 Å². The molecule has 1 amide bonds. The zero-order valence-corrected chi connectivity index (χ0v) is 15.0. The topological polar surface area (TPSA) is 128 Å². The van der Waals surface area contributed by atoms with Crippen molar-refractivity contribution < 1.29 is 14.7 Å². The number of aromatic nitrogens is 1. The van der Waals surface area contributed by atoms with E-state index in [2.05, 4.69) is 10.3 Å². The number of amides is 1. The van der Waals surface area contributed by atoms with Crippen LogP contribution in [0.3, 0.4) is 0 Å². The van der Waals surface area contributed by atoms with Gasteiger partial charge in [0.1, 0.15) is 9.71 Å². The molecule has 0 unspecified atom stereocenters. The van der Waals surface area contributed by atoms with Crippen LogP contribution in [-0.4, -0.2) is 16.9 Å². The van der Waals surface area contributed by atoms with E-state index in [1.54, 1.807) is 0 Å². The van der Waals surface area contributed by atoms with Crippen LogP contribution in [0.25, 0.3) is 10.2 Å². The minimum atomic E-state index is -1.60. The molecule has 3 aromatic rings. The van der Waals surface area contributed by atoms with E-state index in [1.165, 1.54) is 0 Å². The summed E-state index contributed by atoms with van der Waals surface area (Å²) in [5, 5.41) is 14.2. The number of benzene rings is 1. The minimum Gasteiger partial charge on any atom is -0.545 e. The van der Waals surface area contributed by atoms with Crippen molar-refractivity contribution in [1.29, 1.82) is 0 Å². The number of pyridine rings is 1. The van der Waals surface area contributed by atoms with Gasteiger partial charge in [-0.1, -0.05) is 25.1 Å². The van der Waals surface area contributed by atoms with Crippen LogP contribution >= 0.6 is 11.3 Å². The summed E-state index contributed by atoms with van der Waals surface area (Å²) in [7, 11) is 0. The molecule has 2 heterocycles. The van der Waals surface area contributed by atoms with Gasteiger partial charge in [0.2, 0.25) is 0 Å². The van der Waals surface area contributed by atoms with Crippen LogP contribution < -0.4 is 21.7 Å². The molecule has 0 bridgehead atoms. The molecule has 4 N–H and O–H groups in total. The number of carboxylic acids is 1. The number of aryl methyl sites for hydroxylation is 2. The Hall–Kier alpha value is -3.13. The van der Waals surface area contributed by atoms with Gasteiger partial charge >= 0.3 is 0 Å². The van der Waals surface area contributed by atoms with Crippen molar-refractivity contribution in [2.75, 3.05) is 11.1 Å². The Balaban J connectivity index is 2.06. The quantitative estimate of drug-likeness (QED) is 0.643. The number of fused-ring (bicyclic) bond motifs is 1. The number of anilines is 2. The predicted octanol–water partition coefficient (Wildman–Crippen LogP) is 1.66.